The van der Waals surface area contributed by atoms with Crippen LogP contribution in [0.25, 0.3) is 0 Å². The fraction of sp³-hybridized carbons (Fsp3) is 0.500. The van der Waals surface area contributed by atoms with Crippen LogP contribution in [0, 0.1) is 13.8 Å². The molecular formula is C16H23N3O4S. The predicted octanol–water partition coefficient (Wildman–Crippen LogP) is 2.69. The molecule has 0 spiro atoms. The second kappa shape index (κ2) is 7.31. The largest absolute Gasteiger partial charge is 0.494 e. The van der Waals surface area contributed by atoms with Crippen molar-refractivity contribution in [3.05, 3.63) is 35.0 Å². The van der Waals surface area contributed by atoms with Gasteiger partial charge in [0.2, 0.25) is 21.8 Å². The minimum Gasteiger partial charge on any atom is -0.494 e. The molecule has 1 heterocycles. The number of aryl methyl sites for hydroxylation is 2. The van der Waals surface area contributed by atoms with Gasteiger partial charge in [-0.05, 0) is 44.0 Å². The van der Waals surface area contributed by atoms with Crippen molar-refractivity contribution in [3.8, 4) is 5.75 Å². The molecular weight excluding hydrogens is 330 g/mol. The van der Waals surface area contributed by atoms with Crippen molar-refractivity contribution in [1.82, 2.24) is 14.9 Å². The van der Waals surface area contributed by atoms with Crippen LogP contribution < -0.4 is 9.46 Å². The number of hydrogen-bond donors (Lipinski definition) is 1. The van der Waals surface area contributed by atoms with Crippen molar-refractivity contribution >= 4 is 10.0 Å². The Morgan fingerprint density at radius 2 is 1.92 bits per heavy atom. The molecule has 0 aliphatic carbocycles. The van der Waals surface area contributed by atoms with E-state index in [2.05, 4.69) is 14.9 Å². The summed E-state index contributed by atoms with van der Waals surface area (Å²) < 4.78 is 38.5. The molecule has 1 aromatic heterocycles. The fourth-order valence-electron chi connectivity index (χ4n) is 2.17. The van der Waals surface area contributed by atoms with Gasteiger partial charge in [-0.15, -0.1) is 10.2 Å². The summed E-state index contributed by atoms with van der Waals surface area (Å²) >= 11 is 0. The first-order valence-electron chi connectivity index (χ1n) is 7.80. The number of hydrogen-bond acceptors (Lipinski definition) is 6. The third kappa shape index (κ3) is 4.12. The lowest BCUT2D eigenvalue weighted by molar-refractivity contribution is 0.337. The van der Waals surface area contributed by atoms with Gasteiger partial charge in [0, 0.05) is 5.92 Å². The maximum absolute atomic E-state index is 12.5. The molecule has 24 heavy (non-hydrogen) atoms. The molecule has 7 nitrogen and oxygen atoms in total. The maximum Gasteiger partial charge on any atom is 0.241 e. The molecule has 0 radical (unpaired) electrons. The van der Waals surface area contributed by atoms with Gasteiger partial charge in [0.15, 0.2) is 0 Å². The SMILES string of the molecule is CCOc1cc(C)c(S(=O)(=O)NCc2nnc(C(C)C)o2)cc1C. The summed E-state index contributed by atoms with van der Waals surface area (Å²) in [6, 6.07) is 3.34. The molecule has 0 saturated heterocycles. The van der Waals surface area contributed by atoms with Crippen LogP contribution in [0.15, 0.2) is 21.4 Å². The first-order chi connectivity index (χ1) is 11.2. The topological polar surface area (TPSA) is 94.3 Å². The lowest BCUT2D eigenvalue weighted by Gasteiger charge is -2.13. The molecule has 0 saturated carbocycles. The van der Waals surface area contributed by atoms with Crippen LogP contribution in [0.2, 0.25) is 0 Å². The number of rotatable bonds is 7. The number of sulfonamides is 1. The van der Waals surface area contributed by atoms with E-state index in [-0.39, 0.29) is 23.2 Å². The lowest BCUT2D eigenvalue weighted by Crippen LogP contribution is -2.24. The third-order valence-electron chi connectivity index (χ3n) is 3.45. The van der Waals surface area contributed by atoms with Gasteiger partial charge in [0.1, 0.15) is 5.75 Å². The minimum atomic E-state index is -3.69. The van der Waals surface area contributed by atoms with Gasteiger partial charge in [-0.2, -0.15) is 0 Å². The predicted molar refractivity (Wildman–Crippen MR) is 89.5 cm³/mol. The van der Waals surface area contributed by atoms with Crippen LogP contribution in [0.4, 0.5) is 0 Å². The van der Waals surface area contributed by atoms with Gasteiger partial charge >= 0.3 is 0 Å². The highest BCUT2D eigenvalue weighted by atomic mass is 32.2. The number of aromatic nitrogens is 2. The summed E-state index contributed by atoms with van der Waals surface area (Å²) in [6.45, 7) is 9.77. The first-order valence-corrected chi connectivity index (χ1v) is 9.29. The van der Waals surface area contributed by atoms with Gasteiger partial charge in [0.05, 0.1) is 18.0 Å². The Morgan fingerprint density at radius 3 is 2.50 bits per heavy atom. The van der Waals surface area contributed by atoms with Gasteiger partial charge in [-0.25, -0.2) is 13.1 Å². The molecule has 0 aliphatic heterocycles. The molecule has 1 N–H and O–H groups in total. The third-order valence-corrected chi connectivity index (χ3v) is 4.99. The molecule has 8 heteroatoms. The molecule has 0 atom stereocenters. The molecule has 0 fully saturated rings. The van der Waals surface area contributed by atoms with Gasteiger partial charge in [0.25, 0.3) is 0 Å². The van der Waals surface area contributed by atoms with E-state index >= 15 is 0 Å². The number of nitrogens with zero attached hydrogens (tertiary/aromatic N) is 2. The smallest absolute Gasteiger partial charge is 0.241 e. The highest BCUT2D eigenvalue weighted by Crippen LogP contribution is 2.26. The quantitative estimate of drug-likeness (QED) is 0.822. The first kappa shape index (κ1) is 18.4. The Labute approximate surface area is 142 Å². The van der Waals surface area contributed by atoms with Crippen LogP contribution in [-0.4, -0.2) is 25.2 Å². The lowest BCUT2D eigenvalue weighted by atomic mass is 10.1. The van der Waals surface area contributed by atoms with Crippen LogP contribution in [0.3, 0.4) is 0 Å². The zero-order valence-corrected chi connectivity index (χ0v) is 15.4. The summed E-state index contributed by atoms with van der Waals surface area (Å²) in [5.41, 5.74) is 1.38. The van der Waals surface area contributed by atoms with E-state index in [1.807, 2.05) is 27.7 Å². The maximum atomic E-state index is 12.5. The molecule has 0 aliphatic rings. The number of ether oxygens (including phenoxy) is 1. The minimum absolute atomic E-state index is 0.0479. The number of benzene rings is 1. The van der Waals surface area contributed by atoms with Crippen LogP contribution in [0.5, 0.6) is 5.75 Å². The normalized spacial score (nSPS) is 11.9. The Bertz CT molecular complexity index is 813. The Kier molecular flexibility index (Phi) is 5.61. The van der Waals surface area contributed by atoms with Gasteiger partial charge < -0.3 is 9.15 Å². The molecule has 0 bridgehead atoms. The van der Waals surface area contributed by atoms with E-state index in [0.717, 1.165) is 5.56 Å². The van der Waals surface area contributed by atoms with Crippen molar-refractivity contribution in [2.75, 3.05) is 6.61 Å². The summed E-state index contributed by atoms with van der Waals surface area (Å²) in [6.07, 6.45) is 0. The van der Waals surface area contributed by atoms with E-state index in [9.17, 15) is 8.42 Å². The zero-order valence-electron chi connectivity index (χ0n) is 14.6. The van der Waals surface area contributed by atoms with Gasteiger partial charge in [-0.1, -0.05) is 13.8 Å². The summed E-state index contributed by atoms with van der Waals surface area (Å²) in [7, 11) is -3.69. The second-order valence-electron chi connectivity index (χ2n) is 5.83. The summed E-state index contributed by atoms with van der Waals surface area (Å²) in [5, 5.41) is 7.73. The molecule has 1 aromatic carbocycles. The van der Waals surface area contributed by atoms with Crippen molar-refractivity contribution in [2.45, 2.75) is 52.0 Å². The van der Waals surface area contributed by atoms with Crippen molar-refractivity contribution in [2.24, 2.45) is 0 Å². The Hall–Kier alpha value is -1.93. The zero-order chi connectivity index (χ0) is 17.9. The van der Waals surface area contributed by atoms with Crippen LogP contribution in [0.1, 0.15) is 49.6 Å². The van der Waals surface area contributed by atoms with E-state index in [0.29, 0.717) is 23.8 Å². The summed E-state index contributed by atoms with van der Waals surface area (Å²) in [5.74, 6) is 1.51. The van der Waals surface area contributed by atoms with Gasteiger partial charge in [-0.3, -0.25) is 0 Å². The van der Waals surface area contributed by atoms with Crippen LogP contribution >= 0.6 is 0 Å². The standard InChI is InChI=1S/C16H23N3O4S/c1-6-22-13-7-12(5)14(8-11(13)4)24(20,21)17-9-15-18-19-16(23-15)10(2)3/h7-8,10,17H,6,9H2,1-5H3. The fourth-order valence-corrected chi connectivity index (χ4v) is 3.45. The summed E-state index contributed by atoms with van der Waals surface area (Å²) in [4.78, 5) is 0.215. The average Bonchev–Trinajstić information content (AvgIpc) is 2.98. The van der Waals surface area contributed by atoms with E-state index in [1.165, 1.54) is 0 Å². The molecule has 132 valence electrons. The van der Waals surface area contributed by atoms with Crippen molar-refractivity contribution in [3.63, 3.8) is 0 Å². The molecule has 2 aromatic rings. The van der Waals surface area contributed by atoms with E-state index < -0.39 is 10.0 Å². The van der Waals surface area contributed by atoms with Crippen molar-refractivity contribution in [1.29, 1.82) is 0 Å². The Balaban J connectivity index is 2.19. The second-order valence-corrected chi connectivity index (χ2v) is 7.56. The molecule has 2 rings (SSSR count). The van der Waals surface area contributed by atoms with E-state index in [1.54, 1.807) is 19.1 Å². The van der Waals surface area contributed by atoms with Crippen LogP contribution in [-0.2, 0) is 16.6 Å². The Morgan fingerprint density at radius 1 is 1.21 bits per heavy atom. The monoisotopic (exact) mass is 353 g/mol. The van der Waals surface area contributed by atoms with Crippen molar-refractivity contribution < 1.29 is 17.6 Å². The highest BCUT2D eigenvalue weighted by molar-refractivity contribution is 7.89. The molecule has 0 amide bonds. The average molecular weight is 353 g/mol. The van der Waals surface area contributed by atoms with E-state index in [4.69, 9.17) is 9.15 Å². The number of nitrogens with one attached hydrogen (secondary N) is 1. The highest BCUT2D eigenvalue weighted by Gasteiger charge is 2.20. The molecule has 0 unspecified atom stereocenters.